The first kappa shape index (κ1) is 18.7. The Morgan fingerprint density at radius 2 is 2.29 bits per heavy atom. The normalized spacial score (nSPS) is 24.6. The van der Waals surface area contributed by atoms with Crippen LogP contribution in [0.4, 0.5) is 11.8 Å². The van der Waals surface area contributed by atoms with Gasteiger partial charge in [-0.3, -0.25) is 9.69 Å². The lowest BCUT2D eigenvalue weighted by Crippen LogP contribution is -2.35. The Hall–Kier alpha value is -2.68. The molecule has 2 aromatic heterocycles. The third-order valence-corrected chi connectivity index (χ3v) is 5.96. The highest BCUT2D eigenvalue weighted by Gasteiger charge is 2.52. The van der Waals surface area contributed by atoms with Crippen LogP contribution in [0.1, 0.15) is 31.2 Å². The predicted molar refractivity (Wildman–Crippen MR) is 103 cm³/mol. The topological polar surface area (TPSA) is 122 Å². The zero-order valence-corrected chi connectivity index (χ0v) is 16.0. The number of nitrogen functional groups attached to an aromatic ring is 1. The Labute approximate surface area is 163 Å². The number of rotatable bonds is 7. The fourth-order valence-corrected chi connectivity index (χ4v) is 4.61. The number of fused-ring (bicyclic) bond motifs is 1. The molecule has 2 aliphatic rings. The largest absolute Gasteiger partial charge is 0.481 e. The van der Waals surface area contributed by atoms with E-state index in [2.05, 4.69) is 31.8 Å². The van der Waals surface area contributed by atoms with Gasteiger partial charge in [-0.1, -0.05) is 12.1 Å². The highest BCUT2D eigenvalue weighted by Crippen LogP contribution is 2.47. The molecule has 0 saturated carbocycles. The smallest absolute Gasteiger partial charge is 0.303 e. The van der Waals surface area contributed by atoms with Gasteiger partial charge in [0.05, 0.1) is 12.2 Å². The molecule has 0 bridgehead atoms. The Kier molecular flexibility index (Phi) is 4.92. The summed E-state index contributed by atoms with van der Waals surface area (Å²) in [5, 5.41) is 13.3. The number of hydrogen-bond acceptors (Lipinski definition) is 8. The highest BCUT2D eigenvalue weighted by atomic mass is 16.5. The van der Waals surface area contributed by atoms with Gasteiger partial charge in [0.2, 0.25) is 5.95 Å². The van der Waals surface area contributed by atoms with Crippen molar-refractivity contribution in [2.75, 3.05) is 36.8 Å². The van der Waals surface area contributed by atoms with Crippen LogP contribution in [0.3, 0.4) is 0 Å². The number of aliphatic carboxylic acids is 1. The number of nitrogens with zero attached hydrogens (tertiary/aromatic N) is 5. The molecule has 0 aliphatic carbocycles. The van der Waals surface area contributed by atoms with Crippen molar-refractivity contribution in [2.45, 2.75) is 32.7 Å². The van der Waals surface area contributed by atoms with E-state index in [1.165, 1.54) is 0 Å². The Morgan fingerprint density at radius 3 is 3.00 bits per heavy atom. The van der Waals surface area contributed by atoms with Crippen LogP contribution in [0.2, 0.25) is 0 Å². The molecule has 0 spiro atoms. The van der Waals surface area contributed by atoms with Crippen LogP contribution in [0.5, 0.6) is 0 Å². The summed E-state index contributed by atoms with van der Waals surface area (Å²) in [5.74, 6) is 1.53. The molecule has 9 nitrogen and oxygen atoms in total. The summed E-state index contributed by atoms with van der Waals surface area (Å²) >= 11 is 0. The second-order valence-corrected chi connectivity index (χ2v) is 7.92. The molecule has 4 heterocycles. The number of aryl methyl sites for hydroxylation is 1. The number of carboxylic acid groups (broad SMARTS) is 1. The number of anilines is 2. The van der Waals surface area contributed by atoms with E-state index < -0.39 is 5.97 Å². The van der Waals surface area contributed by atoms with E-state index in [1.807, 2.05) is 6.07 Å². The van der Waals surface area contributed by atoms with Gasteiger partial charge < -0.3 is 20.3 Å². The number of aromatic nitrogens is 3. The third-order valence-electron chi connectivity index (χ3n) is 5.96. The summed E-state index contributed by atoms with van der Waals surface area (Å²) < 4.78 is 5.44. The average Bonchev–Trinajstić information content (AvgIpc) is 3.33. The van der Waals surface area contributed by atoms with Crippen LogP contribution < -0.4 is 10.6 Å². The fraction of sp³-hybridized carbons (Fsp3) is 0.579. The molecule has 9 heteroatoms. The molecule has 2 unspecified atom stereocenters. The van der Waals surface area contributed by atoms with Gasteiger partial charge in [-0.2, -0.15) is 4.98 Å². The van der Waals surface area contributed by atoms with Crippen LogP contribution >= 0.6 is 0 Å². The molecule has 2 fully saturated rings. The number of likely N-dealkylation sites (tertiary alicyclic amines) is 1. The van der Waals surface area contributed by atoms with E-state index in [0.29, 0.717) is 30.6 Å². The number of nitrogens with two attached hydrogens (primary N) is 1. The minimum Gasteiger partial charge on any atom is -0.481 e. The molecule has 3 N–H and O–H groups in total. The van der Waals surface area contributed by atoms with Gasteiger partial charge in [0.15, 0.2) is 5.76 Å². The fourth-order valence-electron chi connectivity index (χ4n) is 4.61. The molecular weight excluding hydrogens is 360 g/mol. The number of hydrogen-bond donors (Lipinski definition) is 2. The molecule has 2 atom stereocenters. The molecule has 2 aromatic rings. The first-order chi connectivity index (χ1) is 13.5. The zero-order valence-electron chi connectivity index (χ0n) is 16.0. The van der Waals surface area contributed by atoms with Crippen molar-refractivity contribution in [3.8, 4) is 0 Å². The van der Waals surface area contributed by atoms with E-state index in [-0.39, 0.29) is 11.8 Å². The van der Waals surface area contributed by atoms with E-state index >= 15 is 0 Å². The summed E-state index contributed by atoms with van der Waals surface area (Å²) in [6.07, 6.45) is 3.32. The summed E-state index contributed by atoms with van der Waals surface area (Å²) in [6, 6.07) is 3.68. The molecule has 0 amide bonds. The second kappa shape index (κ2) is 7.38. The van der Waals surface area contributed by atoms with Gasteiger partial charge in [0, 0.05) is 50.3 Å². The lowest BCUT2D eigenvalue weighted by Gasteiger charge is -2.29. The Bertz CT molecular complexity index is 856. The van der Waals surface area contributed by atoms with Crippen molar-refractivity contribution in [3.63, 3.8) is 0 Å². The summed E-state index contributed by atoms with van der Waals surface area (Å²) in [7, 11) is 0. The standard InChI is InChI=1S/C19H26N6O3/c1-2-14-7-15(28-23-14)10-24-8-13-9-25(18-21-6-4-16(20)22-18)12-19(13,11-24)5-3-17(26)27/h4,6-7,13H,2-3,5,8-12H2,1H3,(H,26,27)(H2,20,21,22). The minimum absolute atomic E-state index is 0.0973. The maximum absolute atomic E-state index is 11.3. The van der Waals surface area contributed by atoms with Gasteiger partial charge in [0.25, 0.3) is 0 Å². The first-order valence-corrected chi connectivity index (χ1v) is 9.69. The first-order valence-electron chi connectivity index (χ1n) is 9.69. The third kappa shape index (κ3) is 3.66. The molecule has 0 aromatic carbocycles. The quantitative estimate of drug-likeness (QED) is 0.727. The minimum atomic E-state index is -0.756. The molecule has 0 radical (unpaired) electrons. The molecule has 150 valence electrons. The van der Waals surface area contributed by atoms with Crippen molar-refractivity contribution in [2.24, 2.45) is 11.3 Å². The van der Waals surface area contributed by atoms with Crippen LogP contribution in [-0.4, -0.2) is 57.3 Å². The Morgan fingerprint density at radius 1 is 1.43 bits per heavy atom. The lowest BCUT2D eigenvalue weighted by molar-refractivity contribution is -0.137. The van der Waals surface area contributed by atoms with Gasteiger partial charge in [-0.15, -0.1) is 0 Å². The predicted octanol–water partition coefficient (Wildman–Crippen LogP) is 1.41. The van der Waals surface area contributed by atoms with Gasteiger partial charge in [-0.25, -0.2) is 4.98 Å². The number of carbonyl (C=O) groups is 1. The van der Waals surface area contributed by atoms with Crippen LogP contribution in [0.15, 0.2) is 22.9 Å². The van der Waals surface area contributed by atoms with E-state index in [0.717, 1.165) is 44.1 Å². The van der Waals surface area contributed by atoms with Crippen LogP contribution in [0, 0.1) is 11.3 Å². The maximum Gasteiger partial charge on any atom is 0.303 e. The maximum atomic E-state index is 11.3. The van der Waals surface area contributed by atoms with Crippen molar-refractivity contribution in [3.05, 3.63) is 29.8 Å². The lowest BCUT2D eigenvalue weighted by atomic mass is 9.77. The van der Waals surface area contributed by atoms with Crippen molar-refractivity contribution in [1.29, 1.82) is 0 Å². The average molecular weight is 386 g/mol. The van der Waals surface area contributed by atoms with E-state index in [9.17, 15) is 9.90 Å². The molecule has 2 saturated heterocycles. The van der Waals surface area contributed by atoms with Gasteiger partial charge in [-0.05, 0) is 24.8 Å². The van der Waals surface area contributed by atoms with Crippen molar-refractivity contribution in [1.82, 2.24) is 20.0 Å². The van der Waals surface area contributed by atoms with Crippen molar-refractivity contribution >= 4 is 17.7 Å². The molecular formula is C19H26N6O3. The molecule has 28 heavy (non-hydrogen) atoms. The molecule has 2 aliphatic heterocycles. The Balaban J connectivity index is 1.50. The molecule has 4 rings (SSSR count). The number of carboxylic acids is 1. The van der Waals surface area contributed by atoms with Gasteiger partial charge >= 0.3 is 5.97 Å². The van der Waals surface area contributed by atoms with Crippen LogP contribution in [-0.2, 0) is 17.8 Å². The van der Waals surface area contributed by atoms with Crippen LogP contribution in [0.25, 0.3) is 0 Å². The SMILES string of the molecule is CCc1cc(CN2CC3CN(c4nccc(N)n4)CC3(CCC(=O)O)C2)on1. The highest BCUT2D eigenvalue weighted by molar-refractivity contribution is 5.66. The zero-order chi connectivity index (χ0) is 19.7. The van der Waals surface area contributed by atoms with Crippen molar-refractivity contribution < 1.29 is 14.4 Å². The summed E-state index contributed by atoms with van der Waals surface area (Å²) in [4.78, 5) is 24.5. The second-order valence-electron chi connectivity index (χ2n) is 7.92. The van der Waals surface area contributed by atoms with E-state index in [1.54, 1.807) is 12.3 Å². The summed E-state index contributed by atoms with van der Waals surface area (Å²) in [5.41, 5.74) is 6.68. The van der Waals surface area contributed by atoms with Gasteiger partial charge in [0.1, 0.15) is 5.82 Å². The summed E-state index contributed by atoms with van der Waals surface area (Å²) in [6.45, 7) is 6.01. The van der Waals surface area contributed by atoms with E-state index in [4.69, 9.17) is 10.3 Å². The monoisotopic (exact) mass is 386 g/mol.